The van der Waals surface area contributed by atoms with Gasteiger partial charge in [-0.2, -0.15) is 0 Å². The maximum Gasteiger partial charge on any atom is 0.161 e. The van der Waals surface area contributed by atoms with Crippen molar-refractivity contribution >= 4 is 21.8 Å². The van der Waals surface area contributed by atoms with Gasteiger partial charge in [0.1, 0.15) is 0 Å². The molecule has 0 aliphatic heterocycles. The van der Waals surface area contributed by atoms with Gasteiger partial charge in [0.25, 0.3) is 0 Å². The molecule has 0 aliphatic rings. The van der Waals surface area contributed by atoms with E-state index in [1.54, 1.807) is 14.2 Å². The van der Waals surface area contributed by atoms with Crippen molar-refractivity contribution in [3.63, 3.8) is 0 Å². The van der Waals surface area contributed by atoms with Crippen LogP contribution in [0.4, 0.5) is 0 Å². The highest BCUT2D eigenvalue weighted by Crippen LogP contribution is 2.29. The van der Waals surface area contributed by atoms with Crippen LogP contribution in [0.25, 0.3) is 21.8 Å². The first-order chi connectivity index (χ1) is 16.7. The molecular weight excluding hydrogens is 422 g/mol. The van der Waals surface area contributed by atoms with E-state index >= 15 is 0 Å². The van der Waals surface area contributed by atoms with Crippen LogP contribution in [-0.4, -0.2) is 29.1 Å². The van der Waals surface area contributed by atoms with Crippen LogP contribution in [0, 0.1) is 0 Å². The average molecular weight is 450 g/mol. The van der Waals surface area contributed by atoms with E-state index in [2.05, 4.69) is 75.5 Å². The number of fused-ring (bicyclic) bond motifs is 2. The first-order valence-electron chi connectivity index (χ1n) is 11.3. The zero-order valence-corrected chi connectivity index (χ0v) is 19.4. The van der Waals surface area contributed by atoms with E-state index in [9.17, 15) is 0 Å². The molecule has 0 amide bonds. The molecule has 0 spiro atoms. The smallest absolute Gasteiger partial charge is 0.161 e. The minimum absolute atomic E-state index is 0.731. The lowest BCUT2D eigenvalue weighted by Gasteiger charge is -2.24. The first kappa shape index (κ1) is 21.9. The summed E-state index contributed by atoms with van der Waals surface area (Å²) < 4.78 is 11.0. The van der Waals surface area contributed by atoms with Crippen LogP contribution in [0.2, 0.25) is 0 Å². The molecule has 0 bridgehead atoms. The summed E-state index contributed by atoms with van der Waals surface area (Å²) in [4.78, 5) is 11.8. The van der Waals surface area contributed by atoms with Gasteiger partial charge in [0.05, 0.1) is 25.3 Å². The lowest BCUT2D eigenvalue weighted by molar-refractivity contribution is 0.248. The second-order valence-electron chi connectivity index (χ2n) is 8.32. The molecule has 2 aromatic heterocycles. The Hall–Kier alpha value is -3.96. The van der Waals surface area contributed by atoms with Gasteiger partial charge in [0.15, 0.2) is 11.5 Å². The fourth-order valence-corrected chi connectivity index (χ4v) is 4.48. The van der Waals surface area contributed by atoms with Gasteiger partial charge in [-0.1, -0.05) is 54.6 Å². The molecule has 0 fully saturated rings. The Morgan fingerprint density at radius 2 is 1.18 bits per heavy atom. The van der Waals surface area contributed by atoms with Crippen molar-refractivity contribution < 1.29 is 9.47 Å². The van der Waals surface area contributed by atoms with Gasteiger partial charge in [-0.3, -0.25) is 14.9 Å². The highest BCUT2D eigenvalue weighted by Gasteiger charge is 2.14. The average Bonchev–Trinajstić information content (AvgIpc) is 2.89. The van der Waals surface area contributed by atoms with Crippen LogP contribution >= 0.6 is 0 Å². The number of rotatable bonds is 8. The molecule has 0 saturated carbocycles. The number of para-hydroxylation sites is 2. The molecule has 5 aromatic rings. The Morgan fingerprint density at radius 1 is 0.618 bits per heavy atom. The molecule has 0 radical (unpaired) electrons. The summed E-state index contributed by atoms with van der Waals surface area (Å²) in [6.07, 6.45) is 3.72. The Morgan fingerprint density at radius 3 is 1.74 bits per heavy atom. The number of pyridine rings is 2. The zero-order valence-electron chi connectivity index (χ0n) is 19.4. The second kappa shape index (κ2) is 9.89. The second-order valence-corrected chi connectivity index (χ2v) is 8.32. The van der Waals surface area contributed by atoms with Crippen LogP contribution in [-0.2, 0) is 19.6 Å². The summed E-state index contributed by atoms with van der Waals surface area (Å²) in [7, 11) is 3.33. The van der Waals surface area contributed by atoms with Crippen molar-refractivity contribution in [3.8, 4) is 11.5 Å². The minimum Gasteiger partial charge on any atom is -0.493 e. The van der Waals surface area contributed by atoms with E-state index in [-0.39, 0.29) is 0 Å². The highest BCUT2D eigenvalue weighted by molar-refractivity contribution is 5.82. The third-order valence-corrected chi connectivity index (χ3v) is 6.07. The molecule has 0 unspecified atom stereocenters. The van der Waals surface area contributed by atoms with E-state index in [0.29, 0.717) is 0 Å². The molecule has 0 N–H and O–H groups in total. The van der Waals surface area contributed by atoms with Gasteiger partial charge in [-0.25, -0.2) is 0 Å². The molecule has 0 aliphatic carbocycles. The molecular formula is C29H27N3O2. The summed E-state index contributed by atoms with van der Waals surface area (Å²) in [5, 5.41) is 2.30. The van der Waals surface area contributed by atoms with Crippen molar-refractivity contribution in [2.24, 2.45) is 0 Å². The molecule has 5 heteroatoms. The number of nitrogens with zero attached hydrogens (tertiary/aromatic N) is 3. The lowest BCUT2D eigenvalue weighted by Crippen LogP contribution is -2.23. The van der Waals surface area contributed by atoms with Crippen LogP contribution in [0.15, 0.2) is 91.3 Å². The van der Waals surface area contributed by atoms with E-state index in [1.165, 1.54) is 11.1 Å². The fourth-order valence-electron chi connectivity index (χ4n) is 4.48. The monoisotopic (exact) mass is 449 g/mol. The summed E-state index contributed by atoms with van der Waals surface area (Å²) >= 11 is 0. The maximum absolute atomic E-state index is 5.55. The van der Waals surface area contributed by atoms with E-state index in [1.807, 2.05) is 30.6 Å². The van der Waals surface area contributed by atoms with Crippen LogP contribution in [0.5, 0.6) is 11.5 Å². The number of ether oxygens (including phenoxy) is 2. The Labute approximate surface area is 199 Å². The number of benzene rings is 3. The van der Waals surface area contributed by atoms with Crippen molar-refractivity contribution in [1.29, 1.82) is 0 Å². The number of hydrogen-bond acceptors (Lipinski definition) is 5. The predicted octanol–water partition coefficient (Wildman–Crippen LogP) is 6.00. The first-order valence-corrected chi connectivity index (χ1v) is 11.3. The third-order valence-electron chi connectivity index (χ3n) is 6.07. The largest absolute Gasteiger partial charge is 0.493 e. The normalized spacial score (nSPS) is 11.3. The summed E-state index contributed by atoms with van der Waals surface area (Å²) in [6, 6.07) is 27.1. The van der Waals surface area contributed by atoms with Gasteiger partial charge in [-0.15, -0.1) is 0 Å². The van der Waals surface area contributed by atoms with E-state index in [4.69, 9.17) is 9.47 Å². The van der Waals surface area contributed by atoms with Gasteiger partial charge in [0, 0.05) is 42.8 Å². The minimum atomic E-state index is 0.731. The Bertz CT molecular complexity index is 1340. The van der Waals surface area contributed by atoms with Gasteiger partial charge in [0.2, 0.25) is 0 Å². The lowest BCUT2D eigenvalue weighted by atomic mass is 10.1. The number of hydrogen-bond donors (Lipinski definition) is 0. The maximum atomic E-state index is 5.55. The Balaban J connectivity index is 1.52. The molecule has 5 nitrogen and oxygen atoms in total. The SMILES string of the molecule is COc1ccc(CN(Cc2cccc3cccnc23)Cc2cccc3cccnc23)cc1OC. The topological polar surface area (TPSA) is 47.5 Å². The summed E-state index contributed by atoms with van der Waals surface area (Å²) in [6.45, 7) is 2.25. The number of methoxy groups -OCH3 is 2. The van der Waals surface area contributed by atoms with Crippen molar-refractivity contribution in [2.45, 2.75) is 19.6 Å². The van der Waals surface area contributed by atoms with Crippen LogP contribution in [0.3, 0.4) is 0 Å². The van der Waals surface area contributed by atoms with Crippen LogP contribution < -0.4 is 9.47 Å². The van der Waals surface area contributed by atoms with Gasteiger partial charge >= 0.3 is 0 Å². The zero-order chi connectivity index (χ0) is 23.3. The number of aromatic nitrogens is 2. The molecule has 0 saturated heterocycles. The Kier molecular flexibility index (Phi) is 6.36. The quantitative estimate of drug-likeness (QED) is 0.291. The van der Waals surface area contributed by atoms with E-state index in [0.717, 1.165) is 58.5 Å². The molecule has 5 rings (SSSR count). The molecule has 0 atom stereocenters. The molecule has 3 aromatic carbocycles. The van der Waals surface area contributed by atoms with Crippen molar-refractivity contribution in [1.82, 2.24) is 14.9 Å². The van der Waals surface area contributed by atoms with Gasteiger partial charge in [-0.05, 0) is 41.0 Å². The standard InChI is InChI=1S/C29H27N3O2/c1-33-26-14-13-21(17-27(26)34-2)18-32(19-24-9-3-7-22-11-5-15-30-28(22)24)20-25-10-4-8-23-12-6-16-31-29(23)25/h3-17H,18-20H2,1-2H3. The molecule has 170 valence electrons. The fraction of sp³-hybridized carbons (Fsp3) is 0.172. The van der Waals surface area contributed by atoms with Crippen LogP contribution in [0.1, 0.15) is 16.7 Å². The summed E-state index contributed by atoms with van der Waals surface area (Å²) in [5.74, 6) is 1.47. The molecule has 34 heavy (non-hydrogen) atoms. The highest BCUT2D eigenvalue weighted by atomic mass is 16.5. The molecule has 2 heterocycles. The predicted molar refractivity (Wildman–Crippen MR) is 136 cm³/mol. The third kappa shape index (κ3) is 4.56. The van der Waals surface area contributed by atoms with Gasteiger partial charge < -0.3 is 9.47 Å². The van der Waals surface area contributed by atoms with Crippen molar-refractivity contribution in [2.75, 3.05) is 14.2 Å². The van der Waals surface area contributed by atoms with Crippen molar-refractivity contribution in [3.05, 3.63) is 108 Å². The summed E-state index contributed by atoms with van der Waals surface area (Å²) in [5.41, 5.74) is 5.63. The van der Waals surface area contributed by atoms with E-state index < -0.39 is 0 Å².